The van der Waals surface area contributed by atoms with Gasteiger partial charge in [-0.05, 0) is 17.7 Å². The summed E-state index contributed by atoms with van der Waals surface area (Å²) in [5, 5.41) is 10.1. The highest BCUT2D eigenvalue weighted by Crippen LogP contribution is 2.23. The van der Waals surface area contributed by atoms with Gasteiger partial charge in [0.25, 0.3) is 0 Å². The van der Waals surface area contributed by atoms with Crippen molar-refractivity contribution in [1.29, 1.82) is 0 Å². The van der Waals surface area contributed by atoms with Gasteiger partial charge in [-0.3, -0.25) is 0 Å². The summed E-state index contributed by atoms with van der Waals surface area (Å²) in [7, 11) is 0. The Balaban J connectivity index is 2.46. The highest BCUT2D eigenvalue weighted by molar-refractivity contribution is 6.41. The number of aliphatic hydroxyl groups excluding tert-OH is 1. The number of aliphatic hydroxyl groups is 1. The Hall–Kier alpha value is -0.280. The standard InChI is InChI=1S/C12H16Cl2O2/c1-12(2,7-15)8-16-6-9-3-4-10(13)11(14)5-9/h3-5,15H,6-8H2,1-2H3. The SMILES string of the molecule is CC(C)(CO)COCc1ccc(Cl)c(Cl)c1. The molecule has 0 heterocycles. The molecular formula is C12H16Cl2O2. The predicted octanol–water partition coefficient (Wildman–Crippen LogP) is 3.53. The summed E-state index contributed by atoms with van der Waals surface area (Å²) in [4.78, 5) is 0. The molecule has 1 aromatic carbocycles. The maximum Gasteiger partial charge on any atom is 0.0717 e. The Bertz CT molecular complexity index is 351. The molecule has 0 atom stereocenters. The Kier molecular flexibility index (Phi) is 5.06. The molecule has 0 fully saturated rings. The van der Waals surface area contributed by atoms with Crippen LogP contribution >= 0.6 is 23.2 Å². The first-order valence-corrected chi connectivity index (χ1v) is 5.83. The van der Waals surface area contributed by atoms with Crippen molar-refractivity contribution in [3.8, 4) is 0 Å². The molecule has 16 heavy (non-hydrogen) atoms. The normalized spacial score (nSPS) is 11.8. The maximum absolute atomic E-state index is 9.05. The molecule has 0 aliphatic heterocycles. The molecule has 0 saturated heterocycles. The van der Waals surface area contributed by atoms with Crippen molar-refractivity contribution in [3.63, 3.8) is 0 Å². The molecule has 90 valence electrons. The first kappa shape index (κ1) is 13.8. The van der Waals surface area contributed by atoms with Gasteiger partial charge < -0.3 is 9.84 Å². The van der Waals surface area contributed by atoms with Crippen molar-refractivity contribution in [2.24, 2.45) is 5.41 Å². The predicted molar refractivity (Wildman–Crippen MR) is 67.0 cm³/mol. The molecule has 0 radical (unpaired) electrons. The van der Waals surface area contributed by atoms with Gasteiger partial charge in [0.15, 0.2) is 0 Å². The van der Waals surface area contributed by atoms with Crippen molar-refractivity contribution in [1.82, 2.24) is 0 Å². The van der Waals surface area contributed by atoms with Gasteiger partial charge in [-0.2, -0.15) is 0 Å². The first-order valence-electron chi connectivity index (χ1n) is 5.07. The van der Waals surface area contributed by atoms with Crippen LogP contribution in [0.3, 0.4) is 0 Å². The van der Waals surface area contributed by atoms with Crippen LogP contribution in [0.1, 0.15) is 19.4 Å². The van der Waals surface area contributed by atoms with E-state index in [9.17, 15) is 0 Å². The molecule has 2 nitrogen and oxygen atoms in total. The van der Waals surface area contributed by atoms with Crippen molar-refractivity contribution >= 4 is 23.2 Å². The second-order valence-corrected chi connectivity index (χ2v) is 5.38. The van der Waals surface area contributed by atoms with Gasteiger partial charge >= 0.3 is 0 Å². The van der Waals surface area contributed by atoms with Crippen LogP contribution in [-0.4, -0.2) is 18.3 Å². The van der Waals surface area contributed by atoms with Gasteiger partial charge in [0.1, 0.15) is 0 Å². The highest BCUT2D eigenvalue weighted by atomic mass is 35.5. The second kappa shape index (κ2) is 5.87. The van der Waals surface area contributed by atoms with Crippen molar-refractivity contribution in [2.75, 3.05) is 13.2 Å². The fourth-order valence-corrected chi connectivity index (χ4v) is 1.44. The van der Waals surface area contributed by atoms with E-state index in [1.54, 1.807) is 12.1 Å². The summed E-state index contributed by atoms with van der Waals surface area (Å²) in [5.74, 6) is 0. The van der Waals surface area contributed by atoms with Crippen LogP contribution < -0.4 is 0 Å². The smallest absolute Gasteiger partial charge is 0.0717 e. The minimum atomic E-state index is -0.212. The molecule has 0 amide bonds. The van der Waals surface area contributed by atoms with Crippen molar-refractivity contribution in [2.45, 2.75) is 20.5 Å². The van der Waals surface area contributed by atoms with Crippen LogP contribution in [0.5, 0.6) is 0 Å². The quantitative estimate of drug-likeness (QED) is 0.880. The maximum atomic E-state index is 9.05. The lowest BCUT2D eigenvalue weighted by Gasteiger charge is -2.21. The van der Waals surface area contributed by atoms with E-state index in [4.69, 9.17) is 33.0 Å². The largest absolute Gasteiger partial charge is 0.396 e. The lowest BCUT2D eigenvalue weighted by atomic mass is 9.97. The second-order valence-electron chi connectivity index (χ2n) is 4.56. The third kappa shape index (κ3) is 4.30. The lowest BCUT2D eigenvalue weighted by Crippen LogP contribution is -2.23. The molecule has 0 aromatic heterocycles. The average Bonchev–Trinajstić information content (AvgIpc) is 2.23. The van der Waals surface area contributed by atoms with E-state index >= 15 is 0 Å². The Morgan fingerprint density at radius 1 is 1.25 bits per heavy atom. The van der Waals surface area contributed by atoms with Crippen molar-refractivity contribution < 1.29 is 9.84 Å². The van der Waals surface area contributed by atoms with E-state index in [1.165, 1.54) is 0 Å². The molecule has 1 N–H and O–H groups in total. The number of benzene rings is 1. The summed E-state index contributed by atoms with van der Waals surface area (Å²) in [6.07, 6.45) is 0. The summed E-state index contributed by atoms with van der Waals surface area (Å²) in [6.45, 7) is 4.97. The zero-order valence-corrected chi connectivity index (χ0v) is 11.0. The first-order chi connectivity index (χ1) is 7.44. The molecule has 0 spiro atoms. The Morgan fingerprint density at radius 3 is 2.50 bits per heavy atom. The number of hydrogen-bond donors (Lipinski definition) is 1. The van der Waals surface area contributed by atoms with E-state index in [0.717, 1.165) is 5.56 Å². The molecule has 0 aliphatic rings. The van der Waals surface area contributed by atoms with Crippen LogP contribution in [0.15, 0.2) is 18.2 Å². The van der Waals surface area contributed by atoms with Gasteiger partial charge in [-0.25, -0.2) is 0 Å². The third-order valence-corrected chi connectivity index (χ3v) is 2.91. The van der Waals surface area contributed by atoms with Gasteiger partial charge in [0.2, 0.25) is 0 Å². The fourth-order valence-electron chi connectivity index (χ4n) is 1.12. The highest BCUT2D eigenvalue weighted by Gasteiger charge is 2.16. The zero-order valence-electron chi connectivity index (χ0n) is 9.46. The lowest BCUT2D eigenvalue weighted by molar-refractivity contribution is 0.0198. The summed E-state index contributed by atoms with van der Waals surface area (Å²) < 4.78 is 5.51. The summed E-state index contributed by atoms with van der Waals surface area (Å²) >= 11 is 11.7. The Labute approximate surface area is 106 Å². The molecule has 0 aliphatic carbocycles. The molecule has 1 aromatic rings. The van der Waals surface area contributed by atoms with Gasteiger partial charge in [0, 0.05) is 5.41 Å². The van der Waals surface area contributed by atoms with Crippen LogP contribution in [0.4, 0.5) is 0 Å². The molecule has 4 heteroatoms. The van der Waals surface area contributed by atoms with Crippen LogP contribution in [0, 0.1) is 5.41 Å². The molecule has 0 bridgehead atoms. The molecular weight excluding hydrogens is 247 g/mol. The number of rotatable bonds is 5. The minimum absolute atomic E-state index is 0.106. The van der Waals surface area contributed by atoms with E-state index in [1.807, 2.05) is 19.9 Å². The molecule has 0 unspecified atom stereocenters. The van der Waals surface area contributed by atoms with Gasteiger partial charge in [-0.1, -0.05) is 43.1 Å². The zero-order chi connectivity index (χ0) is 12.2. The molecule has 0 saturated carbocycles. The van der Waals surface area contributed by atoms with E-state index < -0.39 is 0 Å². The summed E-state index contributed by atoms with van der Waals surface area (Å²) in [5.41, 5.74) is 0.763. The number of hydrogen-bond acceptors (Lipinski definition) is 2. The fraction of sp³-hybridized carbons (Fsp3) is 0.500. The van der Waals surface area contributed by atoms with Gasteiger partial charge in [0.05, 0.1) is 29.9 Å². The minimum Gasteiger partial charge on any atom is -0.396 e. The van der Waals surface area contributed by atoms with Gasteiger partial charge in [-0.15, -0.1) is 0 Å². The Morgan fingerprint density at radius 2 is 1.94 bits per heavy atom. The number of ether oxygens (including phenoxy) is 1. The van der Waals surface area contributed by atoms with E-state index in [-0.39, 0.29) is 12.0 Å². The summed E-state index contributed by atoms with van der Waals surface area (Å²) in [6, 6.07) is 5.41. The third-order valence-electron chi connectivity index (χ3n) is 2.17. The average molecular weight is 263 g/mol. The van der Waals surface area contributed by atoms with Crippen molar-refractivity contribution in [3.05, 3.63) is 33.8 Å². The van der Waals surface area contributed by atoms with Crippen LogP contribution in [0.2, 0.25) is 10.0 Å². The monoisotopic (exact) mass is 262 g/mol. The van der Waals surface area contributed by atoms with Crippen LogP contribution in [0.25, 0.3) is 0 Å². The van der Waals surface area contributed by atoms with E-state index in [2.05, 4.69) is 0 Å². The van der Waals surface area contributed by atoms with E-state index in [0.29, 0.717) is 23.3 Å². The molecule has 1 rings (SSSR count). The number of halogens is 2. The van der Waals surface area contributed by atoms with Crippen LogP contribution in [-0.2, 0) is 11.3 Å². The topological polar surface area (TPSA) is 29.5 Å².